The van der Waals surface area contributed by atoms with Crippen LogP contribution in [0.3, 0.4) is 0 Å². The fourth-order valence-corrected chi connectivity index (χ4v) is 3.85. The second-order valence-corrected chi connectivity index (χ2v) is 10.4. The normalized spacial score (nSPS) is 11.7. The third kappa shape index (κ3) is 8.85. The Morgan fingerprint density at radius 2 is 1.67 bits per heavy atom. The molecule has 0 aliphatic rings. The van der Waals surface area contributed by atoms with Crippen LogP contribution in [0, 0.1) is 13.8 Å². The van der Waals surface area contributed by atoms with E-state index in [0.29, 0.717) is 29.0 Å². The van der Waals surface area contributed by atoms with Gasteiger partial charge in [0.05, 0.1) is 18.3 Å². The monoisotopic (exact) mass is 494 g/mol. The van der Waals surface area contributed by atoms with Gasteiger partial charge in [0.2, 0.25) is 0 Å². The molecule has 2 rings (SSSR count). The lowest BCUT2D eigenvalue weighted by atomic mass is 9.96. The Kier molecular flexibility index (Phi) is 10.8. The number of carbonyl (C=O) groups excluding carboxylic acids is 2. The van der Waals surface area contributed by atoms with Gasteiger partial charge in [-0.1, -0.05) is 26.2 Å². The van der Waals surface area contributed by atoms with Crippen molar-refractivity contribution in [2.45, 2.75) is 92.8 Å². The Morgan fingerprint density at radius 1 is 1.00 bits per heavy atom. The summed E-state index contributed by atoms with van der Waals surface area (Å²) in [6, 6.07) is 9.09. The number of hydrogen-bond donors (Lipinski definition) is 0. The van der Waals surface area contributed by atoms with Gasteiger partial charge in [-0.3, -0.25) is 4.79 Å². The van der Waals surface area contributed by atoms with E-state index in [1.54, 1.807) is 18.2 Å². The Bertz CT molecular complexity index is 1060. The summed E-state index contributed by atoms with van der Waals surface area (Å²) in [6.07, 6.45) is 7.79. The van der Waals surface area contributed by atoms with Crippen LogP contribution in [0.2, 0.25) is 0 Å². The molecule has 0 radical (unpaired) electrons. The van der Waals surface area contributed by atoms with Gasteiger partial charge >= 0.3 is 5.97 Å². The Hall–Kier alpha value is -3.08. The van der Waals surface area contributed by atoms with E-state index in [0.717, 1.165) is 29.7 Å². The zero-order valence-electron chi connectivity index (χ0n) is 23.2. The number of carbonyl (C=O) groups is 2. The van der Waals surface area contributed by atoms with Crippen molar-refractivity contribution in [2.75, 3.05) is 6.61 Å². The average Bonchev–Trinajstić information content (AvgIpc) is 2.78. The van der Waals surface area contributed by atoms with E-state index in [1.807, 2.05) is 66.7 Å². The highest BCUT2D eigenvalue weighted by atomic mass is 16.6. The maximum Gasteiger partial charge on any atom is 0.339 e. The third-order valence-electron chi connectivity index (χ3n) is 5.52. The zero-order valence-corrected chi connectivity index (χ0v) is 23.2. The first-order valence-electron chi connectivity index (χ1n) is 12.9. The van der Waals surface area contributed by atoms with Crippen molar-refractivity contribution in [3.63, 3.8) is 0 Å². The van der Waals surface area contributed by atoms with Crippen LogP contribution >= 0.6 is 0 Å². The predicted octanol–water partition coefficient (Wildman–Crippen LogP) is 7.90. The number of ether oxygens (including phenoxy) is 3. The third-order valence-corrected chi connectivity index (χ3v) is 5.52. The maximum absolute atomic E-state index is 12.9. The summed E-state index contributed by atoms with van der Waals surface area (Å²) in [5, 5.41) is 0. The van der Waals surface area contributed by atoms with E-state index in [1.165, 1.54) is 18.9 Å². The van der Waals surface area contributed by atoms with Gasteiger partial charge in [0.25, 0.3) is 0 Å². The van der Waals surface area contributed by atoms with E-state index in [-0.39, 0.29) is 17.9 Å². The highest BCUT2D eigenvalue weighted by Crippen LogP contribution is 2.33. The highest BCUT2D eigenvalue weighted by molar-refractivity contribution is 6.07. The molecule has 0 saturated carbocycles. The second-order valence-electron chi connectivity index (χ2n) is 10.4. The topological polar surface area (TPSA) is 61.8 Å². The van der Waals surface area contributed by atoms with Gasteiger partial charge in [-0.25, -0.2) is 4.79 Å². The molecule has 0 fully saturated rings. The van der Waals surface area contributed by atoms with Gasteiger partial charge in [0.15, 0.2) is 5.78 Å². The van der Waals surface area contributed by atoms with Crippen molar-refractivity contribution in [1.29, 1.82) is 0 Å². The van der Waals surface area contributed by atoms with Gasteiger partial charge in [-0.05, 0) is 103 Å². The molecule has 0 aliphatic heterocycles. The van der Waals surface area contributed by atoms with Crippen molar-refractivity contribution >= 4 is 17.8 Å². The van der Waals surface area contributed by atoms with Crippen LogP contribution in [0.5, 0.6) is 11.5 Å². The van der Waals surface area contributed by atoms with Gasteiger partial charge < -0.3 is 14.2 Å². The molecular weight excluding hydrogens is 452 g/mol. The van der Waals surface area contributed by atoms with E-state index < -0.39 is 5.60 Å². The summed E-state index contributed by atoms with van der Waals surface area (Å²) in [7, 11) is 0. The minimum absolute atomic E-state index is 0.102. The molecule has 2 aromatic carbocycles. The van der Waals surface area contributed by atoms with E-state index in [9.17, 15) is 9.59 Å². The molecule has 0 unspecified atom stereocenters. The van der Waals surface area contributed by atoms with Crippen LogP contribution in [-0.4, -0.2) is 30.1 Å². The van der Waals surface area contributed by atoms with Crippen LogP contribution in [0.4, 0.5) is 0 Å². The van der Waals surface area contributed by atoms with Gasteiger partial charge in [0.1, 0.15) is 17.1 Å². The average molecular weight is 495 g/mol. The standard InChI is InChI=1S/C31H42O5/c1-9-10-11-12-19-34-26-16-13-24(14-17-26)27(32)18-15-25-20-22(4)28(30(33)36-31(6,7)8)23(5)29(25)35-21(2)3/h13-18,20-21H,9-12,19H2,1-8H3. The molecule has 196 valence electrons. The van der Waals surface area contributed by atoms with Crippen molar-refractivity contribution in [3.05, 3.63) is 64.2 Å². The Labute approximate surface area is 216 Å². The molecule has 5 heteroatoms. The summed E-state index contributed by atoms with van der Waals surface area (Å²) < 4.78 is 17.5. The molecule has 0 aromatic heterocycles. The molecule has 5 nitrogen and oxygen atoms in total. The van der Waals surface area contributed by atoms with Crippen molar-refractivity contribution in [3.8, 4) is 11.5 Å². The maximum atomic E-state index is 12.9. The first-order valence-corrected chi connectivity index (χ1v) is 12.9. The van der Waals surface area contributed by atoms with Crippen LogP contribution in [0.15, 0.2) is 36.4 Å². The number of benzene rings is 2. The van der Waals surface area contributed by atoms with Crippen molar-refractivity contribution in [1.82, 2.24) is 0 Å². The quantitative estimate of drug-likeness (QED) is 0.130. The molecule has 0 N–H and O–H groups in total. The lowest BCUT2D eigenvalue weighted by Crippen LogP contribution is -2.25. The SMILES string of the molecule is CCCCCCOc1ccc(C(=O)C=Cc2cc(C)c(C(=O)OC(C)(C)C)c(C)c2OC(C)C)cc1. The number of hydrogen-bond acceptors (Lipinski definition) is 5. The fraction of sp³-hybridized carbons (Fsp3) is 0.484. The Morgan fingerprint density at radius 3 is 2.25 bits per heavy atom. The minimum Gasteiger partial charge on any atom is -0.494 e. The van der Waals surface area contributed by atoms with Gasteiger partial charge in [0, 0.05) is 16.7 Å². The Balaban J connectivity index is 2.23. The van der Waals surface area contributed by atoms with Crippen molar-refractivity contribution in [2.24, 2.45) is 0 Å². The fourth-order valence-electron chi connectivity index (χ4n) is 3.85. The molecule has 0 spiro atoms. The number of esters is 1. The van der Waals surface area contributed by atoms with Crippen molar-refractivity contribution < 1.29 is 23.8 Å². The first-order chi connectivity index (χ1) is 16.9. The minimum atomic E-state index is -0.602. The molecule has 36 heavy (non-hydrogen) atoms. The lowest BCUT2D eigenvalue weighted by molar-refractivity contribution is 0.00671. The summed E-state index contributed by atoms with van der Waals surface area (Å²) >= 11 is 0. The lowest BCUT2D eigenvalue weighted by Gasteiger charge is -2.23. The van der Waals surface area contributed by atoms with E-state index >= 15 is 0 Å². The molecule has 0 amide bonds. The molecule has 2 aromatic rings. The summed E-state index contributed by atoms with van der Waals surface area (Å²) in [5.74, 6) is 0.841. The van der Waals surface area contributed by atoms with Crippen LogP contribution < -0.4 is 9.47 Å². The number of aryl methyl sites for hydroxylation is 1. The summed E-state index contributed by atoms with van der Waals surface area (Å²) in [5.41, 5.74) is 2.68. The van der Waals surface area contributed by atoms with Crippen LogP contribution in [0.1, 0.15) is 105 Å². The van der Waals surface area contributed by atoms with Gasteiger partial charge in [-0.2, -0.15) is 0 Å². The molecule has 0 saturated heterocycles. The molecular formula is C31H42O5. The predicted molar refractivity (Wildman–Crippen MR) is 146 cm³/mol. The van der Waals surface area contributed by atoms with Crippen LogP contribution in [0.25, 0.3) is 6.08 Å². The molecule has 0 aliphatic carbocycles. The largest absolute Gasteiger partial charge is 0.494 e. The smallest absolute Gasteiger partial charge is 0.339 e. The highest BCUT2D eigenvalue weighted by Gasteiger charge is 2.24. The number of rotatable bonds is 12. The van der Waals surface area contributed by atoms with E-state index in [4.69, 9.17) is 14.2 Å². The summed E-state index contributed by atoms with van der Waals surface area (Å²) in [4.78, 5) is 25.7. The number of ketones is 1. The summed E-state index contributed by atoms with van der Waals surface area (Å²) in [6.45, 7) is 16.0. The molecule has 0 atom stereocenters. The molecule has 0 bridgehead atoms. The van der Waals surface area contributed by atoms with Gasteiger partial charge in [-0.15, -0.1) is 0 Å². The van der Waals surface area contributed by atoms with Crippen LogP contribution in [-0.2, 0) is 4.74 Å². The number of unbranched alkanes of at least 4 members (excludes halogenated alkanes) is 3. The zero-order chi connectivity index (χ0) is 26.9. The van der Waals surface area contributed by atoms with E-state index in [2.05, 4.69) is 6.92 Å². The second kappa shape index (κ2) is 13.3. The molecule has 0 heterocycles. The number of allylic oxidation sites excluding steroid dienone is 1. The first kappa shape index (κ1) is 29.2.